The Balaban J connectivity index is 2.77. The molecule has 0 saturated heterocycles. The van der Waals surface area contributed by atoms with E-state index in [2.05, 4.69) is 5.32 Å². The van der Waals surface area contributed by atoms with Gasteiger partial charge in [-0.3, -0.25) is 9.59 Å². The molecule has 1 aliphatic rings. The number of carbonyl (C=O) groups is 2. The summed E-state index contributed by atoms with van der Waals surface area (Å²) < 4.78 is 0. The second-order valence-corrected chi connectivity index (χ2v) is 2.40. The summed E-state index contributed by atoms with van der Waals surface area (Å²) in [6, 6.07) is 0. The first-order valence-corrected chi connectivity index (χ1v) is 3.37. The number of nitrogens with one attached hydrogen (secondary N) is 1. The normalized spacial score (nSPS) is 23.3. The third-order valence-corrected chi connectivity index (χ3v) is 1.68. The minimum Gasteiger partial charge on any atom is -0.481 e. The zero-order chi connectivity index (χ0) is 8.27. The fourth-order valence-corrected chi connectivity index (χ4v) is 1.07. The van der Waals surface area contributed by atoms with Gasteiger partial charge in [0.2, 0.25) is 0 Å². The number of rotatable bonds is 2. The highest BCUT2D eigenvalue weighted by Crippen LogP contribution is 2.15. The van der Waals surface area contributed by atoms with Crippen LogP contribution in [0.2, 0.25) is 0 Å². The van der Waals surface area contributed by atoms with Crippen molar-refractivity contribution in [3.05, 3.63) is 11.8 Å². The van der Waals surface area contributed by atoms with Gasteiger partial charge in [0.25, 0.3) is 0 Å². The molecule has 0 amide bonds. The maximum atomic E-state index is 10.5. The lowest BCUT2D eigenvalue weighted by atomic mass is 9.95. The van der Waals surface area contributed by atoms with Crippen LogP contribution in [0.3, 0.4) is 0 Å². The molecule has 0 aromatic carbocycles. The van der Waals surface area contributed by atoms with Crippen LogP contribution in [0.15, 0.2) is 11.8 Å². The number of hydrogen-bond donors (Lipinski definition) is 2. The van der Waals surface area contributed by atoms with Crippen molar-refractivity contribution in [2.75, 3.05) is 6.54 Å². The predicted octanol–water partition coefficient (Wildman–Crippen LogP) is -0.237. The van der Waals surface area contributed by atoms with Crippen molar-refractivity contribution in [2.24, 2.45) is 5.92 Å². The van der Waals surface area contributed by atoms with E-state index in [4.69, 9.17) is 5.11 Å². The Morgan fingerprint density at radius 1 is 1.82 bits per heavy atom. The molecule has 0 aromatic rings. The molecule has 60 valence electrons. The summed E-state index contributed by atoms with van der Waals surface area (Å²) in [5.74, 6) is -1.54. The Bertz CT molecular complexity index is 210. The standard InChI is InChI=1S/C7H9NO3/c9-4-5-3-8-2-1-6(5)7(10)11/h3-4,6,8H,1-2H2,(H,10,11). The van der Waals surface area contributed by atoms with Crippen molar-refractivity contribution < 1.29 is 14.7 Å². The molecule has 0 bridgehead atoms. The topological polar surface area (TPSA) is 66.4 Å². The minimum atomic E-state index is -0.926. The lowest BCUT2D eigenvalue weighted by Crippen LogP contribution is -2.27. The van der Waals surface area contributed by atoms with Crippen LogP contribution in [0.4, 0.5) is 0 Å². The van der Waals surface area contributed by atoms with E-state index in [1.54, 1.807) is 0 Å². The summed E-state index contributed by atoms with van der Waals surface area (Å²) >= 11 is 0. The van der Waals surface area contributed by atoms with E-state index in [9.17, 15) is 9.59 Å². The van der Waals surface area contributed by atoms with E-state index >= 15 is 0 Å². The fourth-order valence-electron chi connectivity index (χ4n) is 1.07. The molecule has 1 rings (SSSR count). The Hall–Kier alpha value is -1.32. The van der Waals surface area contributed by atoms with Crippen LogP contribution >= 0.6 is 0 Å². The Morgan fingerprint density at radius 3 is 3.00 bits per heavy atom. The van der Waals surface area contributed by atoms with Crippen LogP contribution in [0.1, 0.15) is 6.42 Å². The summed E-state index contributed by atoms with van der Waals surface area (Å²) in [5, 5.41) is 11.4. The van der Waals surface area contributed by atoms with Crippen molar-refractivity contribution >= 4 is 12.3 Å². The Labute approximate surface area is 63.9 Å². The number of hydrogen-bond acceptors (Lipinski definition) is 3. The summed E-state index contributed by atoms with van der Waals surface area (Å²) in [6.45, 7) is 0.619. The second kappa shape index (κ2) is 3.18. The van der Waals surface area contributed by atoms with Crippen LogP contribution in [-0.2, 0) is 9.59 Å². The van der Waals surface area contributed by atoms with Crippen LogP contribution in [0.5, 0.6) is 0 Å². The highest BCUT2D eigenvalue weighted by Gasteiger charge is 2.23. The van der Waals surface area contributed by atoms with E-state index in [0.717, 1.165) is 0 Å². The molecule has 2 N–H and O–H groups in total. The quantitative estimate of drug-likeness (QED) is 0.540. The highest BCUT2D eigenvalue weighted by molar-refractivity contribution is 5.86. The molecular weight excluding hydrogens is 146 g/mol. The summed E-state index contributed by atoms with van der Waals surface area (Å²) in [6.07, 6.45) is 2.54. The zero-order valence-corrected chi connectivity index (χ0v) is 5.91. The van der Waals surface area contributed by atoms with Gasteiger partial charge in [-0.05, 0) is 6.42 Å². The zero-order valence-electron chi connectivity index (χ0n) is 5.91. The van der Waals surface area contributed by atoms with Gasteiger partial charge in [0.05, 0.1) is 5.92 Å². The molecule has 0 aromatic heterocycles. The fraction of sp³-hybridized carbons (Fsp3) is 0.429. The highest BCUT2D eigenvalue weighted by atomic mass is 16.4. The lowest BCUT2D eigenvalue weighted by molar-refractivity contribution is -0.141. The van der Waals surface area contributed by atoms with Crippen molar-refractivity contribution in [1.82, 2.24) is 5.32 Å². The first-order chi connectivity index (χ1) is 5.25. The molecule has 4 nitrogen and oxygen atoms in total. The third-order valence-electron chi connectivity index (χ3n) is 1.68. The molecule has 0 radical (unpaired) electrons. The SMILES string of the molecule is O=CC1=CNCCC1C(=O)O. The largest absolute Gasteiger partial charge is 0.481 e. The van der Waals surface area contributed by atoms with Crippen LogP contribution in [0, 0.1) is 5.92 Å². The van der Waals surface area contributed by atoms with Crippen LogP contribution < -0.4 is 5.32 Å². The van der Waals surface area contributed by atoms with Gasteiger partial charge in [0.15, 0.2) is 0 Å². The maximum absolute atomic E-state index is 10.5. The second-order valence-electron chi connectivity index (χ2n) is 2.40. The van der Waals surface area contributed by atoms with Crippen molar-refractivity contribution in [3.8, 4) is 0 Å². The number of carboxylic acids is 1. The monoisotopic (exact) mass is 155 g/mol. The van der Waals surface area contributed by atoms with Gasteiger partial charge in [-0.1, -0.05) is 0 Å². The van der Waals surface area contributed by atoms with Gasteiger partial charge in [-0.2, -0.15) is 0 Å². The van der Waals surface area contributed by atoms with Crippen LogP contribution in [0.25, 0.3) is 0 Å². The Kier molecular flexibility index (Phi) is 2.25. The molecule has 11 heavy (non-hydrogen) atoms. The Morgan fingerprint density at radius 2 is 2.55 bits per heavy atom. The van der Waals surface area contributed by atoms with Gasteiger partial charge >= 0.3 is 5.97 Å². The van der Waals surface area contributed by atoms with E-state index in [1.807, 2.05) is 0 Å². The number of aliphatic carboxylic acids is 1. The summed E-state index contributed by atoms with van der Waals surface area (Å²) in [4.78, 5) is 20.8. The number of aldehydes is 1. The molecule has 1 unspecified atom stereocenters. The molecule has 1 atom stereocenters. The molecule has 1 aliphatic heterocycles. The van der Waals surface area contributed by atoms with Gasteiger partial charge < -0.3 is 10.4 Å². The van der Waals surface area contributed by atoms with E-state index in [0.29, 0.717) is 24.8 Å². The molecule has 0 spiro atoms. The predicted molar refractivity (Wildman–Crippen MR) is 37.9 cm³/mol. The lowest BCUT2D eigenvalue weighted by Gasteiger charge is -2.17. The average Bonchev–Trinajstić information content (AvgIpc) is 2.04. The maximum Gasteiger partial charge on any atom is 0.311 e. The van der Waals surface area contributed by atoms with E-state index in [1.165, 1.54) is 6.20 Å². The van der Waals surface area contributed by atoms with E-state index in [-0.39, 0.29) is 0 Å². The molecular formula is C7H9NO3. The van der Waals surface area contributed by atoms with Crippen molar-refractivity contribution in [2.45, 2.75) is 6.42 Å². The van der Waals surface area contributed by atoms with Gasteiger partial charge in [0.1, 0.15) is 6.29 Å². The molecule has 1 heterocycles. The smallest absolute Gasteiger partial charge is 0.311 e. The van der Waals surface area contributed by atoms with Crippen LogP contribution in [-0.4, -0.2) is 23.9 Å². The van der Waals surface area contributed by atoms with Crippen molar-refractivity contribution in [1.29, 1.82) is 0 Å². The molecule has 0 aliphatic carbocycles. The first-order valence-electron chi connectivity index (χ1n) is 3.37. The van der Waals surface area contributed by atoms with E-state index < -0.39 is 11.9 Å². The number of carbonyl (C=O) groups excluding carboxylic acids is 1. The molecule has 0 saturated carbocycles. The molecule has 0 fully saturated rings. The third kappa shape index (κ3) is 1.58. The van der Waals surface area contributed by atoms with Gasteiger partial charge in [-0.15, -0.1) is 0 Å². The average molecular weight is 155 g/mol. The molecule has 4 heteroatoms. The minimum absolute atomic E-state index is 0.323. The van der Waals surface area contributed by atoms with Crippen molar-refractivity contribution in [3.63, 3.8) is 0 Å². The summed E-state index contributed by atoms with van der Waals surface area (Å²) in [5.41, 5.74) is 0.323. The van der Waals surface area contributed by atoms with Gasteiger partial charge in [-0.25, -0.2) is 0 Å². The number of carboxylic acid groups (broad SMARTS) is 1. The summed E-state index contributed by atoms with van der Waals surface area (Å²) in [7, 11) is 0. The first kappa shape index (κ1) is 7.78. The van der Waals surface area contributed by atoms with Gasteiger partial charge in [0, 0.05) is 18.3 Å².